The fourth-order valence-corrected chi connectivity index (χ4v) is 5.81. The molecule has 10 nitrogen and oxygen atoms in total. The lowest BCUT2D eigenvalue weighted by molar-refractivity contribution is -0.384. The monoisotopic (exact) mass is 500 g/mol. The number of piperidine rings is 1. The van der Waals surface area contributed by atoms with Crippen molar-refractivity contribution in [1.29, 1.82) is 0 Å². The molecule has 0 atom stereocenters. The number of nitro benzene ring substituents is 1. The number of nitrogens with one attached hydrogen (secondary N) is 1. The Hall–Kier alpha value is -3.47. The van der Waals surface area contributed by atoms with Crippen molar-refractivity contribution < 1.29 is 24.0 Å². The number of anilines is 2. The minimum atomic E-state index is -0.550. The maximum absolute atomic E-state index is 13.1. The predicted octanol–water partition coefficient (Wildman–Crippen LogP) is 3.98. The van der Waals surface area contributed by atoms with Gasteiger partial charge in [0.15, 0.2) is 0 Å². The average Bonchev–Trinajstić information content (AvgIpc) is 3.21. The third-order valence-electron chi connectivity index (χ3n) is 6.34. The highest BCUT2D eigenvalue weighted by molar-refractivity contribution is 7.17. The smallest absolute Gasteiger partial charge is 0.341 e. The number of esters is 1. The number of hydrogen-bond acceptors (Lipinski definition) is 8. The SMILES string of the molecule is CCOC(=O)c1c(NC(=O)c2ccc(N3CCCCC3)c([N+](=O)[O-])c2)sc2c1CCN(C(C)=O)C2. The lowest BCUT2D eigenvalue weighted by atomic mass is 10.0. The van der Waals surface area contributed by atoms with Crippen LogP contribution in [0.4, 0.5) is 16.4 Å². The van der Waals surface area contributed by atoms with Crippen LogP contribution < -0.4 is 10.2 Å². The topological polar surface area (TPSA) is 122 Å². The van der Waals surface area contributed by atoms with Crippen molar-refractivity contribution in [3.63, 3.8) is 0 Å². The molecule has 0 spiro atoms. The molecule has 2 amide bonds. The van der Waals surface area contributed by atoms with Gasteiger partial charge < -0.3 is 19.9 Å². The van der Waals surface area contributed by atoms with E-state index in [1.165, 1.54) is 24.3 Å². The zero-order valence-electron chi connectivity index (χ0n) is 19.8. The van der Waals surface area contributed by atoms with Crippen LogP contribution in [0.5, 0.6) is 0 Å². The van der Waals surface area contributed by atoms with Gasteiger partial charge in [0.05, 0.1) is 23.6 Å². The van der Waals surface area contributed by atoms with Gasteiger partial charge in [-0.2, -0.15) is 0 Å². The highest BCUT2D eigenvalue weighted by atomic mass is 32.1. The first-order chi connectivity index (χ1) is 16.8. The van der Waals surface area contributed by atoms with Crippen LogP contribution in [0, 0.1) is 10.1 Å². The van der Waals surface area contributed by atoms with Gasteiger partial charge in [-0.05, 0) is 50.3 Å². The Morgan fingerprint density at radius 2 is 1.91 bits per heavy atom. The zero-order valence-corrected chi connectivity index (χ0v) is 20.6. The Morgan fingerprint density at radius 1 is 1.17 bits per heavy atom. The number of rotatable bonds is 6. The molecule has 0 aliphatic carbocycles. The van der Waals surface area contributed by atoms with Crippen LogP contribution in [0.15, 0.2) is 18.2 Å². The van der Waals surface area contributed by atoms with Crippen molar-refractivity contribution in [2.45, 2.75) is 46.1 Å². The summed E-state index contributed by atoms with van der Waals surface area (Å²) in [5, 5.41) is 14.9. The third-order valence-corrected chi connectivity index (χ3v) is 7.47. The molecule has 1 N–H and O–H groups in total. The molecule has 1 aromatic heterocycles. The first-order valence-electron chi connectivity index (χ1n) is 11.7. The van der Waals surface area contributed by atoms with Crippen molar-refractivity contribution in [1.82, 2.24) is 4.90 Å². The van der Waals surface area contributed by atoms with E-state index in [-0.39, 0.29) is 23.8 Å². The Balaban J connectivity index is 1.64. The molecule has 0 unspecified atom stereocenters. The second kappa shape index (κ2) is 10.4. The van der Waals surface area contributed by atoms with E-state index < -0.39 is 16.8 Å². The fourth-order valence-electron chi connectivity index (χ4n) is 4.57. The molecule has 3 heterocycles. The van der Waals surface area contributed by atoms with E-state index in [4.69, 9.17) is 4.74 Å². The molecule has 1 saturated heterocycles. The Labute approximate surface area is 207 Å². The molecule has 1 aromatic carbocycles. The molecule has 11 heteroatoms. The molecule has 186 valence electrons. The third kappa shape index (κ3) is 5.14. The van der Waals surface area contributed by atoms with Gasteiger partial charge in [0, 0.05) is 43.1 Å². The summed E-state index contributed by atoms with van der Waals surface area (Å²) < 4.78 is 5.23. The summed E-state index contributed by atoms with van der Waals surface area (Å²) in [6.07, 6.45) is 3.52. The molecule has 35 heavy (non-hydrogen) atoms. The number of thiophene rings is 1. The van der Waals surface area contributed by atoms with Crippen LogP contribution in [0.25, 0.3) is 0 Å². The number of carbonyl (C=O) groups is 3. The van der Waals surface area contributed by atoms with Crippen LogP contribution in [-0.2, 0) is 22.5 Å². The van der Waals surface area contributed by atoms with Crippen LogP contribution in [0.2, 0.25) is 0 Å². The van der Waals surface area contributed by atoms with Crippen molar-refractivity contribution in [3.8, 4) is 0 Å². The van der Waals surface area contributed by atoms with E-state index >= 15 is 0 Å². The Morgan fingerprint density at radius 3 is 2.57 bits per heavy atom. The summed E-state index contributed by atoms with van der Waals surface area (Å²) in [7, 11) is 0. The summed E-state index contributed by atoms with van der Waals surface area (Å²) >= 11 is 1.23. The molecule has 4 rings (SSSR count). The highest BCUT2D eigenvalue weighted by Crippen LogP contribution is 2.38. The molecule has 2 aliphatic heterocycles. The molecule has 2 aliphatic rings. The number of fused-ring (bicyclic) bond motifs is 1. The van der Waals surface area contributed by atoms with Crippen LogP contribution in [0.3, 0.4) is 0 Å². The molecule has 2 aromatic rings. The summed E-state index contributed by atoms with van der Waals surface area (Å²) in [5.41, 5.74) is 1.58. The van der Waals surface area contributed by atoms with E-state index in [0.29, 0.717) is 35.8 Å². The van der Waals surface area contributed by atoms with E-state index in [1.54, 1.807) is 24.0 Å². The Kier molecular flexibility index (Phi) is 7.34. The number of hydrogen-bond donors (Lipinski definition) is 1. The van der Waals surface area contributed by atoms with E-state index in [1.807, 2.05) is 4.90 Å². The fraction of sp³-hybridized carbons (Fsp3) is 0.458. The van der Waals surface area contributed by atoms with E-state index in [9.17, 15) is 24.5 Å². The van der Waals surface area contributed by atoms with Crippen molar-refractivity contribution in [2.24, 2.45) is 0 Å². The van der Waals surface area contributed by atoms with E-state index in [2.05, 4.69) is 5.32 Å². The summed E-state index contributed by atoms with van der Waals surface area (Å²) in [4.78, 5) is 53.5. The quantitative estimate of drug-likeness (QED) is 0.362. The zero-order chi connectivity index (χ0) is 25.1. The predicted molar refractivity (Wildman–Crippen MR) is 132 cm³/mol. The molecule has 1 fully saturated rings. The van der Waals surface area contributed by atoms with Crippen molar-refractivity contribution in [2.75, 3.05) is 36.5 Å². The second-order valence-corrected chi connectivity index (χ2v) is 9.69. The van der Waals surface area contributed by atoms with Crippen LogP contribution in [-0.4, -0.2) is 53.8 Å². The van der Waals surface area contributed by atoms with Gasteiger partial charge in [-0.3, -0.25) is 19.7 Å². The maximum atomic E-state index is 13.1. The highest BCUT2D eigenvalue weighted by Gasteiger charge is 2.31. The number of benzene rings is 1. The number of carbonyl (C=O) groups excluding carboxylic acids is 3. The van der Waals surface area contributed by atoms with Gasteiger partial charge in [0.25, 0.3) is 11.6 Å². The minimum Gasteiger partial charge on any atom is -0.462 e. The normalized spacial score (nSPS) is 15.4. The van der Waals surface area contributed by atoms with Gasteiger partial charge in [-0.25, -0.2) is 4.79 Å². The largest absolute Gasteiger partial charge is 0.462 e. The first-order valence-corrected chi connectivity index (χ1v) is 12.5. The molecule has 0 saturated carbocycles. The number of ether oxygens (including phenoxy) is 1. The van der Waals surface area contributed by atoms with Gasteiger partial charge in [0.1, 0.15) is 10.7 Å². The number of amides is 2. The molecular weight excluding hydrogens is 472 g/mol. The summed E-state index contributed by atoms with van der Waals surface area (Å²) in [6, 6.07) is 4.48. The Bertz CT molecular complexity index is 1170. The second-order valence-electron chi connectivity index (χ2n) is 8.58. The lowest BCUT2D eigenvalue weighted by Gasteiger charge is -2.28. The van der Waals surface area contributed by atoms with Crippen molar-refractivity contribution in [3.05, 3.63) is 49.9 Å². The number of nitrogens with zero attached hydrogens (tertiary/aromatic N) is 3. The van der Waals surface area contributed by atoms with Gasteiger partial charge in [0.2, 0.25) is 5.91 Å². The maximum Gasteiger partial charge on any atom is 0.341 e. The van der Waals surface area contributed by atoms with Crippen LogP contribution in [0.1, 0.15) is 64.3 Å². The first kappa shape index (κ1) is 24.6. The lowest BCUT2D eigenvalue weighted by Crippen LogP contribution is -2.34. The summed E-state index contributed by atoms with van der Waals surface area (Å²) in [5.74, 6) is -1.15. The van der Waals surface area contributed by atoms with Crippen LogP contribution >= 0.6 is 11.3 Å². The standard InChI is InChI=1S/C24H28N4O6S/c1-3-34-24(31)21-17-9-12-27(15(2)29)14-20(17)35-23(21)25-22(30)16-7-8-18(19(13-16)28(32)33)26-10-5-4-6-11-26/h7-8,13H,3-6,9-12,14H2,1-2H3,(H,25,30). The number of nitro groups is 1. The molecule has 0 radical (unpaired) electrons. The summed E-state index contributed by atoms with van der Waals surface area (Å²) in [6.45, 7) is 5.70. The van der Waals surface area contributed by atoms with E-state index in [0.717, 1.165) is 42.8 Å². The van der Waals surface area contributed by atoms with Gasteiger partial charge in [-0.15, -0.1) is 11.3 Å². The van der Waals surface area contributed by atoms with Gasteiger partial charge >= 0.3 is 5.97 Å². The molecular formula is C24H28N4O6S. The minimum absolute atomic E-state index is 0.0616. The van der Waals surface area contributed by atoms with Gasteiger partial charge in [-0.1, -0.05) is 0 Å². The molecule has 0 bridgehead atoms. The van der Waals surface area contributed by atoms with Crippen molar-refractivity contribution >= 4 is 45.5 Å². The average molecular weight is 501 g/mol.